The lowest BCUT2D eigenvalue weighted by Gasteiger charge is -2.32. The highest BCUT2D eigenvalue weighted by Gasteiger charge is 2.35. The number of carbonyl (C=O) groups is 2. The molecule has 4 heterocycles. The maximum absolute atomic E-state index is 12.7. The molecule has 2 amide bonds. The number of nitrogens with one attached hydrogen (secondary N) is 1. The number of nitrogens with zero attached hydrogens (tertiary/aromatic N) is 5. The molecule has 0 aliphatic carbocycles. The van der Waals surface area contributed by atoms with Crippen LogP contribution < -0.4 is 11.1 Å². The van der Waals surface area contributed by atoms with Crippen LogP contribution in [0.1, 0.15) is 54.0 Å². The number of rotatable bonds is 5. The number of aromatic nitrogens is 4. The number of fused-ring (bicyclic) bond motifs is 1. The van der Waals surface area contributed by atoms with Gasteiger partial charge in [0.05, 0.1) is 0 Å². The maximum Gasteiger partial charge on any atom is 0.436 e. The van der Waals surface area contributed by atoms with Gasteiger partial charge >= 0.3 is 6.18 Å². The molecule has 0 bridgehead atoms. The Morgan fingerprint density at radius 3 is 2.68 bits per heavy atom. The van der Waals surface area contributed by atoms with Crippen LogP contribution in [0.15, 0.2) is 47.2 Å². The van der Waals surface area contributed by atoms with E-state index in [9.17, 15) is 22.8 Å². The van der Waals surface area contributed by atoms with E-state index in [2.05, 4.69) is 20.0 Å². The predicted octanol–water partition coefficient (Wildman–Crippen LogP) is 4.35. The minimum atomic E-state index is -4.68. The molecule has 10 nitrogen and oxygen atoms in total. The van der Waals surface area contributed by atoms with Crippen LogP contribution in [0.2, 0.25) is 0 Å². The number of piperidine rings is 1. The second kappa shape index (κ2) is 9.80. The molecular weight excluding hydrogens is 503 g/mol. The Balaban J connectivity index is 1.42. The number of hydrogen-bond donors (Lipinski definition) is 2. The van der Waals surface area contributed by atoms with Gasteiger partial charge in [-0.15, -0.1) is 0 Å². The Hall–Kier alpha value is -4.42. The number of nitrogens with two attached hydrogens (primary N) is 1. The van der Waals surface area contributed by atoms with Crippen LogP contribution in [-0.4, -0.2) is 49.3 Å². The molecule has 1 unspecified atom stereocenters. The average molecular weight is 528 g/mol. The zero-order chi connectivity index (χ0) is 27.0. The van der Waals surface area contributed by atoms with E-state index in [0.29, 0.717) is 35.8 Å². The lowest BCUT2D eigenvalue weighted by molar-refractivity contribution is -0.142. The topological polar surface area (TPSA) is 132 Å². The summed E-state index contributed by atoms with van der Waals surface area (Å²) in [5.74, 6) is 0.0806. The van der Waals surface area contributed by atoms with E-state index in [1.807, 2.05) is 16.2 Å². The minimum absolute atomic E-state index is 0.0100. The fraction of sp³-hybridized carbons (Fsp3) is 0.320. The lowest BCUT2D eigenvalue weighted by atomic mass is 9.97. The number of hydrogen-bond acceptors (Lipinski definition) is 7. The van der Waals surface area contributed by atoms with Crippen LogP contribution in [0, 0.1) is 0 Å². The van der Waals surface area contributed by atoms with Crippen molar-refractivity contribution in [3.63, 3.8) is 0 Å². The second-order valence-corrected chi connectivity index (χ2v) is 8.99. The van der Waals surface area contributed by atoms with Gasteiger partial charge in [-0.25, -0.2) is 9.97 Å². The van der Waals surface area contributed by atoms with Crippen molar-refractivity contribution in [1.82, 2.24) is 24.4 Å². The third-order valence-electron chi connectivity index (χ3n) is 6.51. The molecule has 4 aromatic rings. The Labute approximate surface area is 214 Å². The minimum Gasteiger partial charge on any atom is -0.382 e. The molecule has 5 rings (SSSR count). The Morgan fingerprint density at radius 1 is 1.24 bits per heavy atom. The molecule has 0 saturated carbocycles. The fourth-order valence-corrected chi connectivity index (χ4v) is 4.65. The molecule has 1 aliphatic heterocycles. The van der Waals surface area contributed by atoms with E-state index >= 15 is 0 Å². The largest absolute Gasteiger partial charge is 0.436 e. The van der Waals surface area contributed by atoms with Crippen LogP contribution in [0.5, 0.6) is 0 Å². The molecule has 1 aromatic carbocycles. The number of anilines is 2. The van der Waals surface area contributed by atoms with Crippen molar-refractivity contribution in [1.29, 1.82) is 0 Å². The van der Waals surface area contributed by atoms with E-state index in [0.717, 1.165) is 25.2 Å². The summed E-state index contributed by atoms with van der Waals surface area (Å²) in [5, 5.41) is 5.18. The number of alkyl halides is 3. The predicted molar refractivity (Wildman–Crippen MR) is 131 cm³/mol. The zero-order valence-electron chi connectivity index (χ0n) is 20.3. The summed E-state index contributed by atoms with van der Waals surface area (Å²) < 4.78 is 44.6. The van der Waals surface area contributed by atoms with Gasteiger partial charge in [0.2, 0.25) is 11.8 Å². The lowest BCUT2D eigenvalue weighted by Crippen LogP contribution is -2.39. The van der Waals surface area contributed by atoms with Crippen LogP contribution in [0.4, 0.5) is 24.9 Å². The van der Waals surface area contributed by atoms with Crippen LogP contribution >= 0.6 is 0 Å². The number of carbonyl (C=O) groups excluding carboxylic acids is 2. The molecule has 0 radical (unpaired) electrons. The highest BCUT2D eigenvalue weighted by Crippen LogP contribution is 2.34. The number of halogens is 3. The van der Waals surface area contributed by atoms with Crippen molar-refractivity contribution >= 4 is 29.0 Å². The van der Waals surface area contributed by atoms with Gasteiger partial charge in [-0.2, -0.15) is 13.2 Å². The molecule has 198 valence electrons. The second-order valence-electron chi connectivity index (χ2n) is 8.99. The molecular formula is C25H24F3N7O3. The van der Waals surface area contributed by atoms with Crippen molar-refractivity contribution in [3.05, 3.63) is 59.8 Å². The van der Waals surface area contributed by atoms with Gasteiger partial charge in [0, 0.05) is 55.0 Å². The number of likely N-dealkylation sites (tertiary alicyclic amines) is 1. The average Bonchev–Trinajstić information content (AvgIpc) is 3.54. The third kappa shape index (κ3) is 4.78. The molecule has 3 N–H and O–H groups in total. The first-order valence-corrected chi connectivity index (χ1v) is 12.0. The molecule has 38 heavy (non-hydrogen) atoms. The first kappa shape index (κ1) is 25.2. The molecule has 1 saturated heterocycles. The van der Waals surface area contributed by atoms with Crippen molar-refractivity contribution in [2.45, 2.75) is 38.3 Å². The Kier molecular flexibility index (Phi) is 6.51. The van der Waals surface area contributed by atoms with Gasteiger partial charge in [-0.1, -0.05) is 24.2 Å². The van der Waals surface area contributed by atoms with Crippen LogP contribution in [-0.2, 0) is 11.0 Å². The summed E-state index contributed by atoms with van der Waals surface area (Å²) in [6.45, 7) is 3.12. The summed E-state index contributed by atoms with van der Waals surface area (Å²) in [6.07, 6.45) is 0.865. The standard InChI is InChI=1S/C25H24F3N7O3/c1-2-19(36)34-10-3-4-16(13-34)23-32-20(21-22(29)30-9-11-35(21)23)14-5-7-15(8-6-14)24(37)31-18-12-17(33-38-18)25(26,27)28/h5-9,11-12,16H,2-4,10,13H2,1H3,(H2,29,30)(H,31,37). The third-order valence-corrected chi connectivity index (χ3v) is 6.51. The first-order valence-electron chi connectivity index (χ1n) is 12.0. The quantitative estimate of drug-likeness (QED) is 0.394. The van der Waals surface area contributed by atoms with Crippen LogP contribution in [0.3, 0.4) is 0 Å². The monoisotopic (exact) mass is 527 g/mol. The van der Waals surface area contributed by atoms with Gasteiger partial charge in [-0.3, -0.25) is 19.3 Å². The van der Waals surface area contributed by atoms with E-state index in [4.69, 9.17) is 10.7 Å². The highest BCUT2D eigenvalue weighted by atomic mass is 19.4. The molecule has 1 atom stereocenters. The molecule has 1 aliphatic rings. The van der Waals surface area contributed by atoms with Gasteiger partial charge in [0.15, 0.2) is 5.69 Å². The summed E-state index contributed by atoms with van der Waals surface area (Å²) >= 11 is 0. The van der Waals surface area contributed by atoms with Crippen molar-refractivity contribution in [2.75, 3.05) is 24.1 Å². The van der Waals surface area contributed by atoms with E-state index in [1.165, 1.54) is 12.1 Å². The highest BCUT2D eigenvalue weighted by molar-refractivity contribution is 6.04. The summed E-state index contributed by atoms with van der Waals surface area (Å²) in [7, 11) is 0. The van der Waals surface area contributed by atoms with Crippen molar-refractivity contribution in [3.8, 4) is 11.3 Å². The molecule has 0 spiro atoms. The fourth-order valence-electron chi connectivity index (χ4n) is 4.65. The Morgan fingerprint density at radius 2 is 2.00 bits per heavy atom. The van der Waals surface area contributed by atoms with E-state index in [1.54, 1.807) is 24.5 Å². The SMILES string of the molecule is CCC(=O)N1CCCC(c2nc(-c3ccc(C(=O)Nc4cc(C(F)(F)F)no4)cc3)c3c(N)nccn23)C1. The van der Waals surface area contributed by atoms with Crippen molar-refractivity contribution < 1.29 is 27.3 Å². The number of imidazole rings is 1. The summed E-state index contributed by atoms with van der Waals surface area (Å²) in [5.41, 5.74) is 7.03. The molecule has 3 aromatic heterocycles. The summed E-state index contributed by atoms with van der Waals surface area (Å²) in [6, 6.07) is 6.99. The van der Waals surface area contributed by atoms with E-state index in [-0.39, 0.29) is 23.2 Å². The summed E-state index contributed by atoms with van der Waals surface area (Å²) in [4.78, 5) is 35.8. The molecule has 13 heteroatoms. The van der Waals surface area contributed by atoms with Crippen molar-refractivity contribution in [2.24, 2.45) is 0 Å². The van der Waals surface area contributed by atoms with Gasteiger partial charge in [-0.05, 0) is 25.0 Å². The molecule has 1 fully saturated rings. The van der Waals surface area contributed by atoms with Crippen LogP contribution in [0.25, 0.3) is 16.8 Å². The first-order chi connectivity index (χ1) is 18.2. The number of nitrogen functional groups attached to an aromatic ring is 1. The van der Waals surface area contributed by atoms with Gasteiger partial charge in [0.1, 0.15) is 22.9 Å². The number of benzene rings is 1. The Bertz CT molecular complexity index is 1490. The normalized spacial score (nSPS) is 16.1. The zero-order valence-corrected chi connectivity index (χ0v) is 20.3. The van der Waals surface area contributed by atoms with E-state index < -0.39 is 23.7 Å². The van der Waals surface area contributed by atoms with Gasteiger partial charge < -0.3 is 15.2 Å². The maximum atomic E-state index is 12.7. The number of amides is 2. The van der Waals surface area contributed by atoms with Gasteiger partial charge in [0.25, 0.3) is 5.91 Å². The smallest absolute Gasteiger partial charge is 0.382 e.